The Morgan fingerprint density at radius 1 is 1.00 bits per heavy atom. The average molecular weight is 114 g/mol. The monoisotopic (exact) mass is 114 g/mol. The van der Waals surface area contributed by atoms with Gasteiger partial charge >= 0.3 is 0 Å². The van der Waals surface area contributed by atoms with E-state index in [1.54, 1.807) is 0 Å². The highest BCUT2D eigenvalue weighted by Crippen LogP contribution is 2.28. The summed E-state index contributed by atoms with van der Waals surface area (Å²) in [4.78, 5) is 0. The van der Waals surface area contributed by atoms with E-state index in [9.17, 15) is 0 Å². The van der Waals surface area contributed by atoms with Crippen molar-refractivity contribution in [1.82, 2.24) is 0 Å². The maximum atomic E-state index is 5.25. The van der Waals surface area contributed by atoms with Gasteiger partial charge in [0, 0.05) is 0 Å². The molecule has 0 spiro atoms. The minimum Gasteiger partial charge on any atom is -0.349 e. The third-order valence-corrected chi connectivity index (χ3v) is 1.96. The molecule has 1 aliphatic heterocycles. The molecular weight excluding hydrogens is 104 g/mol. The lowest BCUT2D eigenvalue weighted by atomic mass is 10.3. The van der Waals surface area contributed by atoms with Crippen molar-refractivity contribution in [2.75, 3.05) is 6.79 Å². The molecule has 2 atom stereocenters. The second-order valence-corrected chi connectivity index (χ2v) is 2.46. The van der Waals surface area contributed by atoms with Crippen molar-refractivity contribution >= 4 is 0 Å². The van der Waals surface area contributed by atoms with Crippen LogP contribution in [0.1, 0.15) is 19.3 Å². The lowest BCUT2D eigenvalue weighted by molar-refractivity contribution is 0.0294. The molecule has 2 fully saturated rings. The first kappa shape index (κ1) is 4.77. The summed E-state index contributed by atoms with van der Waals surface area (Å²) in [5.41, 5.74) is 0. The van der Waals surface area contributed by atoms with E-state index >= 15 is 0 Å². The Labute approximate surface area is 48.8 Å². The van der Waals surface area contributed by atoms with E-state index in [0.717, 1.165) is 0 Å². The van der Waals surface area contributed by atoms with Crippen molar-refractivity contribution < 1.29 is 9.47 Å². The van der Waals surface area contributed by atoms with Crippen LogP contribution in [0, 0.1) is 0 Å². The average Bonchev–Trinajstić information content (AvgIpc) is 2.15. The minimum absolute atomic E-state index is 0.454. The highest BCUT2D eigenvalue weighted by molar-refractivity contribution is 4.80. The fourth-order valence-corrected chi connectivity index (χ4v) is 1.49. The smallest absolute Gasteiger partial charge is 0.147 e. The molecular formula is C6H10O2. The van der Waals surface area contributed by atoms with Crippen LogP contribution in [0.5, 0.6) is 0 Å². The minimum atomic E-state index is 0.454. The lowest BCUT2D eigenvalue weighted by Crippen LogP contribution is -2.13. The molecule has 2 heteroatoms. The molecule has 1 aliphatic carbocycles. The van der Waals surface area contributed by atoms with Gasteiger partial charge in [-0.05, 0) is 19.3 Å². The summed E-state index contributed by atoms with van der Waals surface area (Å²) in [6, 6.07) is 0. The Bertz CT molecular complexity index is 72.5. The first-order valence-electron chi connectivity index (χ1n) is 3.20. The Balaban J connectivity index is 2.04. The van der Waals surface area contributed by atoms with Crippen LogP contribution in [0.2, 0.25) is 0 Å². The summed E-state index contributed by atoms with van der Waals surface area (Å²) in [5.74, 6) is 0. The van der Waals surface area contributed by atoms with Crippen LogP contribution in [0.15, 0.2) is 0 Å². The van der Waals surface area contributed by atoms with Gasteiger partial charge in [-0.15, -0.1) is 0 Å². The Morgan fingerprint density at radius 2 is 1.62 bits per heavy atom. The molecule has 1 saturated carbocycles. The molecule has 0 aromatic heterocycles. The fraction of sp³-hybridized carbons (Fsp3) is 1.00. The summed E-state index contributed by atoms with van der Waals surface area (Å²) in [7, 11) is 0. The van der Waals surface area contributed by atoms with Gasteiger partial charge in [-0.3, -0.25) is 0 Å². The van der Waals surface area contributed by atoms with E-state index in [2.05, 4.69) is 0 Å². The summed E-state index contributed by atoms with van der Waals surface area (Å²) < 4.78 is 10.5. The molecule has 2 rings (SSSR count). The molecule has 1 heterocycles. The van der Waals surface area contributed by atoms with Gasteiger partial charge in [-0.2, -0.15) is 0 Å². The van der Waals surface area contributed by atoms with Gasteiger partial charge in [-0.25, -0.2) is 0 Å². The summed E-state index contributed by atoms with van der Waals surface area (Å²) in [6.07, 6.45) is 4.62. The van der Waals surface area contributed by atoms with Gasteiger partial charge in [0.2, 0.25) is 0 Å². The normalized spacial score (nSPS) is 45.0. The number of rotatable bonds is 0. The zero-order chi connectivity index (χ0) is 5.40. The van der Waals surface area contributed by atoms with Crippen LogP contribution in [0.25, 0.3) is 0 Å². The Morgan fingerprint density at radius 3 is 2.25 bits per heavy atom. The van der Waals surface area contributed by atoms with Crippen LogP contribution >= 0.6 is 0 Å². The van der Waals surface area contributed by atoms with Crippen LogP contribution < -0.4 is 0 Å². The van der Waals surface area contributed by atoms with Crippen molar-refractivity contribution in [3.05, 3.63) is 0 Å². The third-order valence-electron chi connectivity index (χ3n) is 1.96. The molecule has 2 nitrogen and oxygen atoms in total. The first-order valence-corrected chi connectivity index (χ1v) is 3.20. The molecule has 0 aromatic carbocycles. The number of hydrogen-bond acceptors (Lipinski definition) is 2. The summed E-state index contributed by atoms with van der Waals surface area (Å²) in [6.45, 7) is 0.537. The van der Waals surface area contributed by atoms with E-state index in [1.807, 2.05) is 0 Å². The van der Waals surface area contributed by atoms with E-state index in [0.29, 0.717) is 19.0 Å². The molecule has 8 heavy (non-hydrogen) atoms. The Kier molecular flexibility index (Phi) is 1.02. The standard InChI is InChI=1S/C6H10O2/c1-2-5-6(3-1)8-4-7-5/h5-6H,1-4H2/t5-,6+. The molecule has 0 N–H and O–H groups in total. The molecule has 46 valence electrons. The highest BCUT2D eigenvalue weighted by atomic mass is 16.7. The third kappa shape index (κ3) is 0.565. The van der Waals surface area contributed by atoms with Gasteiger partial charge in [0.05, 0.1) is 12.2 Å². The zero-order valence-electron chi connectivity index (χ0n) is 4.80. The van der Waals surface area contributed by atoms with Crippen molar-refractivity contribution in [2.45, 2.75) is 31.5 Å². The van der Waals surface area contributed by atoms with Crippen molar-refractivity contribution in [1.29, 1.82) is 0 Å². The second-order valence-electron chi connectivity index (χ2n) is 2.46. The number of ether oxygens (including phenoxy) is 2. The predicted octanol–water partition coefficient (Wildman–Crippen LogP) is 0.912. The molecule has 2 aliphatic rings. The van der Waals surface area contributed by atoms with E-state index in [4.69, 9.17) is 9.47 Å². The van der Waals surface area contributed by atoms with Crippen molar-refractivity contribution in [3.8, 4) is 0 Å². The maximum Gasteiger partial charge on any atom is 0.147 e. The topological polar surface area (TPSA) is 18.5 Å². The van der Waals surface area contributed by atoms with Gasteiger partial charge < -0.3 is 9.47 Å². The zero-order valence-corrected chi connectivity index (χ0v) is 4.80. The quantitative estimate of drug-likeness (QED) is 0.466. The van der Waals surface area contributed by atoms with Crippen molar-refractivity contribution in [2.24, 2.45) is 0 Å². The molecule has 0 radical (unpaired) electrons. The molecule has 0 aromatic rings. The van der Waals surface area contributed by atoms with Gasteiger partial charge in [0.1, 0.15) is 6.79 Å². The maximum absolute atomic E-state index is 5.25. The van der Waals surface area contributed by atoms with E-state index < -0.39 is 0 Å². The lowest BCUT2D eigenvalue weighted by Gasteiger charge is -2.01. The van der Waals surface area contributed by atoms with Crippen LogP contribution in [-0.2, 0) is 9.47 Å². The largest absolute Gasteiger partial charge is 0.349 e. The van der Waals surface area contributed by atoms with Crippen molar-refractivity contribution in [3.63, 3.8) is 0 Å². The number of hydrogen-bond donors (Lipinski definition) is 0. The van der Waals surface area contributed by atoms with Gasteiger partial charge in [0.25, 0.3) is 0 Å². The first-order chi connectivity index (χ1) is 3.97. The number of fused-ring (bicyclic) bond motifs is 1. The van der Waals surface area contributed by atoms with Crippen LogP contribution in [0.4, 0.5) is 0 Å². The van der Waals surface area contributed by atoms with Crippen LogP contribution in [0.3, 0.4) is 0 Å². The summed E-state index contributed by atoms with van der Waals surface area (Å²) >= 11 is 0. The molecule has 0 amide bonds. The SMILES string of the molecule is C1C[C@@H]2OCO[C@@H]2C1. The highest BCUT2D eigenvalue weighted by Gasteiger charge is 2.33. The van der Waals surface area contributed by atoms with E-state index in [-0.39, 0.29) is 0 Å². The predicted molar refractivity (Wildman–Crippen MR) is 28.5 cm³/mol. The van der Waals surface area contributed by atoms with E-state index in [1.165, 1.54) is 19.3 Å². The fourth-order valence-electron chi connectivity index (χ4n) is 1.49. The second kappa shape index (κ2) is 1.71. The Hall–Kier alpha value is -0.0800. The van der Waals surface area contributed by atoms with Gasteiger partial charge in [-0.1, -0.05) is 0 Å². The van der Waals surface area contributed by atoms with Gasteiger partial charge in [0.15, 0.2) is 0 Å². The molecule has 0 unspecified atom stereocenters. The van der Waals surface area contributed by atoms with Crippen LogP contribution in [-0.4, -0.2) is 19.0 Å². The molecule has 1 saturated heterocycles. The molecule has 0 bridgehead atoms. The summed E-state index contributed by atoms with van der Waals surface area (Å²) in [5, 5.41) is 0.